The van der Waals surface area contributed by atoms with Crippen molar-refractivity contribution in [3.05, 3.63) is 11.7 Å². The van der Waals surface area contributed by atoms with Crippen LogP contribution in [-0.2, 0) is 4.65 Å². The first-order valence-electron chi connectivity index (χ1n) is 20.4. The molecule has 0 saturated carbocycles. The Balaban J connectivity index is 6.15. The molecule has 55 heavy (non-hydrogen) atoms. The minimum absolute atomic E-state index is 1.12. The molecule has 0 heterocycles. The van der Waals surface area contributed by atoms with Crippen molar-refractivity contribution >= 4 is 39.6 Å². The first-order valence-corrected chi connectivity index (χ1v) is 30.4. The summed E-state index contributed by atoms with van der Waals surface area (Å²) in [5.41, 5.74) is 0. The number of allylic oxidation sites excluding steroid dienone is 1. The lowest BCUT2D eigenvalue weighted by atomic mass is 9.91. The third kappa shape index (κ3) is 6.05. The average molecular weight is 857 g/mol. The van der Waals surface area contributed by atoms with Crippen LogP contribution in [-0.4, -0.2) is 70.8 Å². The van der Waals surface area contributed by atoms with Crippen LogP contribution in [0.25, 0.3) is 0 Å². The predicted octanol–water partition coefficient (Wildman–Crippen LogP) is 14.9. The van der Waals surface area contributed by atoms with E-state index in [4.69, 9.17) is 4.65 Å². The van der Waals surface area contributed by atoms with E-state index in [0.717, 1.165) is 0 Å². The van der Waals surface area contributed by atoms with E-state index in [0.29, 0.717) is 0 Å². The van der Waals surface area contributed by atoms with Gasteiger partial charge in [-0.2, -0.15) is 0 Å². The average Bonchev–Trinajstić information content (AvgIpc) is 2.90. The standard InChI is InChI=1S/C42H86BF5O3Si4/c1-31(2,3)52(25,32(4,5)6)39(46)29(44)30(45)40(51-43(49)50,53(26,33(7,8)9)34(10,11)12)42(48,55(28,37(19,20)21)38(22,23)24)41(39,47)54(27,35(13,14)15)36(16,17)18/h49-50H,1-28H3. The molecule has 0 fully saturated rings. The summed E-state index contributed by atoms with van der Waals surface area (Å²) >= 11 is 0. The molecule has 0 aromatic carbocycles. The largest absolute Gasteiger partial charge is 0.634 e. The van der Waals surface area contributed by atoms with Crippen LogP contribution in [0.15, 0.2) is 11.7 Å². The highest BCUT2D eigenvalue weighted by molar-refractivity contribution is 6.99. The zero-order chi connectivity index (χ0) is 45.4. The van der Waals surface area contributed by atoms with Gasteiger partial charge in [0.15, 0.2) is 27.5 Å². The molecule has 0 aromatic rings. The lowest BCUT2D eigenvalue weighted by Crippen LogP contribution is -2.99. The highest BCUT2D eigenvalue weighted by Gasteiger charge is 2.98. The lowest BCUT2D eigenvalue weighted by Gasteiger charge is -2.79. The van der Waals surface area contributed by atoms with E-state index in [-0.39, 0.29) is 0 Å². The van der Waals surface area contributed by atoms with Crippen molar-refractivity contribution in [2.75, 3.05) is 0 Å². The SMILES string of the molecule is CC(C)(C)[Si](C)(C(C)(C)C)C1(F)C(F)=C(F)C(OB(O)O)([Si](C)(C(C)(C)C)C(C)(C)C)C(F)([Si](C)(C(C)(C)C)C(C)(C)C)C1(F)[Si](C)(C(C)(C)C)C(C)(C)C. The predicted molar refractivity (Wildman–Crippen MR) is 239 cm³/mol. The second kappa shape index (κ2) is 13.6. The van der Waals surface area contributed by atoms with Crippen molar-refractivity contribution < 1.29 is 36.7 Å². The molecular weight excluding hydrogens is 771 g/mol. The van der Waals surface area contributed by atoms with Crippen LogP contribution in [0.3, 0.4) is 0 Å². The third-order valence-electron chi connectivity index (χ3n) is 17.3. The summed E-state index contributed by atoms with van der Waals surface area (Å²) in [6.07, 6.45) is 0. The Bertz CT molecular complexity index is 1430. The van der Waals surface area contributed by atoms with Crippen LogP contribution in [0.2, 0.25) is 66.5 Å². The zero-order valence-electron chi connectivity index (χ0n) is 40.8. The van der Waals surface area contributed by atoms with E-state index in [9.17, 15) is 10.0 Å². The molecule has 4 atom stereocenters. The first kappa shape index (κ1) is 53.2. The Kier molecular flexibility index (Phi) is 13.2. The van der Waals surface area contributed by atoms with E-state index < -0.39 is 113 Å². The quantitative estimate of drug-likeness (QED) is 0.207. The van der Waals surface area contributed by atoms with Gasteiger partial charge in [0, 0.05) is 0 Å². The minimum Gasteiger partial charge on any atom is -0.402 e. The summed E-state index contributed by atoms with van der Waals surface area (Å²) in [6.45, 7) is 49.6. The van der Waals surface area contributed by atoms with E-state index in [2.05, 4.69) is 0 Å². The smallest absolute Gasteiger partial charge is 0.402 e. The van der Waals surface area contributed by atoms with Gasteiger partial charge in [0.05, 0.1) is 0 Å². The molecule has 0 amide bonds. The molecule has 0 spiro atoms. The van der Waals surface area contributed by atoms with Crippen molar-refractivity contribution in [1.29, 1.82) is 0 Å². The molecule has 1 rings (SSSR count). The van der Waals surface area contributed by atoms with Crippen LogP contribution in [0.1, 0.15) is 166 Å². The topological polar surface area (TPSA) is 49.7 Å². The Labute approximate surface area is 340 Å². The summed E-state index contributed by atoms with van der Waals surface area (Å²) in [6, 6.07) is 0. The van der Waals surface area contributed by atoms with Crippen molar-refractivity contribution in [2.24, 2.45) is 0 Å². The van der Waals surface area contributed by atoms with Gasteiger partial charge < -0.3 is 14.7 Å². The molecule has 13 heteroatoms. The minimum atomic E-state index is -4.60. The monoisotopic (exact) mass is 857 g/mol. The first-order chi connectivity index (χ1) is 23.2. The summed E-state index contributed by atoms with van der Waals surface area (Å²) in [5, 5.41) is -1.39. The van der Waals surface area contributed by atoms with Gasteiger partial charge in [-0.3, -0.25) is 0 Å². The van der Waals surface area contributed by atoms with Gasteiger partial charge in [-0.05, 0) is 40.3 Å². The van der Waals surface area contributed by atoms with Crippen molar-refractivity contribution in [1.82, 2.24) is 0 Å². The zero-order valence-corrected chi connectivity index (χ0v) is 44.8. The molecule has 1 aliphatic rings. The van der Waals surface area contributed by atoms with Gasteiger partial charge in [0.1, 0.15) is 37.5 Å². The van der Waals surface area contributed by atoms with Crippen molar-refractivity contribution in [2.45, 2.75) is 254 Å². The number of alkyl halides is 3. The Morgan fingerprint density at radius 3 is 0.818 bits per heavy atom. The molecule has 0 saturated heterocycles. The summed E-state index contributed by atoms with van der Waals surface area (Å²) in [7, 11) is -20.9. The molecule has 4 unspecified atom stereocenters. The lowest BCUT2D eigenvalue weighted by molar-refractivity contribution is -0.128. The van der Waals surface area contributed by atoms with Gasteiger partial charge in [-0.25, -0.2) is 22.0 Å². The highest BCUT2D eigenvalue weighted by Crippen LogP contribution is 2.82. The van der Waals surface area contributed by atoms with Crippen LogP contribution >= 0.6 is 0 Å². The molecule has 0 aliphatic heterocycles. The number of hydrogen-bond acceptors (Lipinski definition) is 3. The fraction of sp³-hybridized carbons (Fsp3) is 0.952. The molecule has 326 valence electrons. The molecule has 2 N–H and O–H groups in total. The van der Waals surface area contributed by atoms with Crippen molar-refractivity contribution in [3.8, 4) is 0 Å². The summed E-state index contributed by atoms with van der Waals surface area (Å²) in [4.78, 5) is 0. The van der Waals surface area contributed by atoms with Gasteiger partial charge in [-0.15, -0.1) is 0 Å². The van der Waals surface area contributed by atoms with E-state index >= 15 is 22.0 Å². The molecule has 1 aliphatic carbocycles. The second-order valence-electron chi connectivity index (χ2n) is 26.2. The van der Waals surface area contributed by atoms with Gasteiger partial charge in [0.25, 0.3) is 0 Å². The molecule has 0 radical (unpaired) electrons. The van der Waals surface area contributed by atoms with E-state index in [1.165, 1.54) is 0 Å². The third-order valence-corrected chi connectivity index (χ3v) is 50.2. The van der Waals surface area contributed by atoms with Gasteiger partial charge in [0.2, 0.25) is 0 Å². The number of halogens is 5. The Hall–Kier alpha value is 0.202. The van der Waals surface area contributed by atoms with Gasteiger partial charge in [-0.1, -0.05) is 192 Å². The Morgan fingerprint density at radius 1 is 0.400 bits per heavy atom. The summed E-state index contributed by atoms with van der Waals surface area (Å²) < 4.78 is 110. The van der Waals surface area contributed by atoms with E-state index in [1.54, 1.807) is 151 Å². The Morgan fingerprint density at radius 2 is 0.618 bits per heavy atom. The van der Waals surface area contributed by atoms with Gasteiger partial charge >= 0.3 is 7.32 Å². The maximum absolute atomic E-state index is 22.4. The summed E-state index contributed by atoms with van der Waals surface area (Å²) in [5.74, 6) is -3.82. The highest BCUT2D eigenvalue weighted by atomic mass is 28.3. The number of rotatable bonds is 6. The molecular formula is C42H86BF5O3Si4. The second-order valence-corrected chi connectivity index (χ2v) is 50.0. The van der Waals surface area contributed by atoms with Crippen LogP contribution < -0.4 is 0 Å². The maximum Gasteiger partial charge on any atom is 0.634 e. The molecule has 0 bridgehead atoms. The van der Waals surface area contributed by atoms with Crippen molar-refractivity contribution in [3.63, 3.8) is 0 Å². The fourth-order valence-electron chi connectivity index (χ4n) is 12.7. The van der Waals surface area contributed by atoms with Crippen LogP contribution in [0.5, 0.6) is 0 Å². The normalized spacial score (nSPS) is 28.2. The molecule has 0 aromatic heterocycles. The fourth-order valence-corrected chi connectivity index (χ4v) is 41.3. The number of hydrogen-bond donors (Lipinski definition) is 2. The van der Waals surface area contributed by atoms with Crippen LogP contribution in [0.4, 0.5) is 22.0 Å². The molecule has 3 nitrogen and oxygen atoms in total. The maximum atomic E-state index is 22.4. The van der Waals surface area contributed by atoms with E-state index in [1.807, 2.05) is 41.5 Å². The van der Waals surface area contributed by atoms with Crippen LogP contribution in [0, 0.1) is 0 Å².